The highest BCUT2D eigenvalue weighted by molar-refractivity contribution is 5.52. The SMILES string of the molecule is COc1cccc(OC)c1C1(N=C=O)CCCC1. The average molecular weight is 247 g/mol. The van der Waals surface area contributed by atoms with E-state index in [-0.39, 0.29) is 0 Å². The molecule has 4 heteroatoms. The molecule has 0 N–H and O–H groups in total. The largest absolute Gasteiger partial charge is 0.496 e. The first-order chi connectivity index (χ1) is 8.77. The number of rotatable bonds is 4. The molecule has 1 aromatic rings. The number of methoxy groups -OCH3 is 2. The lowest BCUT2D eigenvalue weighted by Crippen LogP contribution is -2.21. The molecule has 0 heterocycles. The Balaban J connectivity index is 2.62. The fraction of sp³-hybridized carbons (Fsp3) is 0.500. The van der Waals surface area contributed by atoms with Crippen molar-refractivity contribution in [2.75, 3.05) is 14.2 Å². The second-order valence-electron chi connectivity index (χ2n) is 4.48. The zero-order valence-corrected chi connectivity index (χ0v) is 10.7. The van der Waals surface area contributed by atoms with Gasteiger partial charge in [0.2, 0.25) is 6.08 Å². The summed E-state index contributed by atoms with van der Waals surface area (Å²) in [5.74, 6) is 1.44. The van der Waals surface area contributed by atoms with Crippen LogP contribution in [0.5, 0.6) is 11.5 Å². The molecule has 96 valence electrons. The van der Waals surface area contributed by atoms with Crippen LogP contribution in [-0.4, -0.2) is 20.3 Å². The molecule has 0 atom stereocenters. The van der Waals surface area contributed by atoms with E-state index in [0.29, 0.717) is 0 Å². The van der Waals surface area contributed by atoms with E-state index in [0.717, 1.165) is 42.7 Å². The van der Waals surface area contributed by atoms with Crippen molar-refractivity contribution in [3.63, 3.8) is 0 Å². The zero-order chi connectivity index (χ0) is 13.0. The van der Waals surface area contributed by atoms with E-state index >= 15 is 0 Å². The molecular weight excluding hydrogens is 230 g/mol. The van der Waals surface area contributed by atoms with E-state index in [1.165, 1.54) is 0 Å². The second kappa shape index (κ2) is 5.23. The Morgan fingerprint density at radius 3 is 2.17 bits per heavy atom. The lowest BCUT2D eigenvalue weighted by Gasteiger charge is -2.26. The number of nitrogens with zero attached hydrogens (tertiary/aromatic N) is 1. The Kier molecular flexibility index (Phi) is 3.68. The molecule has 2 rings (SSSR count). The molecular formula is C14H17NO3. The van der Waals surface area contributed by atoms with Crippen LogP contribution in [-0.2, 0) is 10.3 Å². The Hall–Kier alpha value is -1.80. The minimum absolute atomic E-state index is 0.528. The normalized spacial score (nSPS) is 17.0. The van der Waals surface area contributed by atoms with E-state index in [4.69, 9.17) is 9.47 Å². The molecule has 4 nitrogen and oxygen atoms in total. The van der Waals surface area contributed by atoms with Crippen molar-refractivity contribution < 1.29 is 14.3 Å². The zero-order valence-electron chi connectivity index (χ0n) is 10.7. The lowest BCUT2D eigenvalue weighted by molar-refractivity contribution is 0.348. The maximum Gasteiger partial charge on any atom is 0.235 e. The van der Waals surface area contributed by atoms with E-state index in [2.05, 4.69) is 4.99 Å². The maximum absolute atomic E-state index is 10.8. The van der Waals surface area contributed by atoms with Crippen molar-refractivity contribution in [1.29, 1.82) is 0 Å². The number of hydrogen-bond acceptors (Lipinski definition) is 4. The summed E-state index contributed by atoms with van der Waals surface area (Å²) in [7, 11) is 3.23. The smallest absolute Gasteiger partial charge is 0.235 e. The third-order valence-corrected chi connectivity index (χ3v) is 3.58. The summed E-state index contributed by atoms with van der Waals surface area (Å²) >= 11 is 0. The molecule has 18 heavy (non-hydrogen) atoms. The summed E-state index contributed by atoms with van der Waals surface area (Å²) in [5.41, 5.74) is 0.343. The third-order valence-electron chi connectivity index (χ3n) is 3.58. The lowest BCUT2D eigenvalue weighted by atomic mass is 9.87. The molecule has 0 aliphatic heterocycles. The van der Waals surface area contributed by atoms with Gasteiger partial charge in [-0.25, -0.2) is 4.79 Å². The van der Waals surface area contributed by atoms with Gasteiger partial charge in [-0.15, -0.1) is 0 Å². The fourth-order valence-electron chi connectivity index (χ4n) is 2.77. The number of benzene rings is 1. The van der Waals surface area contributed by atoms with Gasteiger partial charge in [-0.1, -0.05) is 18.9 Å². The van der Waals surface area contributed by atoms with Gasteiger partial charge in [-0.05, 0) is 25.0 Å². The summed E-state index contributed by atoms with van der Waals surface area (Å²) < 4.78 is 10.8. The molecule has 1 saturated carbocycles. The van der Waals surface area contributed by atoms with Crippen LogP contribution in [0.4, 0.5) is 0 Å². The third kappa shape index (κ3) is 2.00. The van der Waals surface area contributed by atoms with Gasteiger partial charge >= 0.3 is 0 Å². The van der Waals surface area contributed by atoms with Crippen LogP contribution in [0.2, 0.25) is 0 Å². The summed E-state index contributed by atoms with van der Waals surface area (Å²) in [6, 6.07) is 5.62. The second-order valence-corrected chi connectivity index (χ2v) is 4.48. The Morgan fingerprint density at radius 2 is 1.72 bits per heavy atom. The first-order valence-electron chi connectivity index (χ1n) is 6.08. The molecule has 0 bridgehead atoms. The average Bonchev–Trinajstić information content (AvgIpc) is 2.87. The molecule has 0 unspecified atom stereocenters. The van der Waals surface area contributed by atoms with Gasteiger partial charge in [0.15, 0.2) is 0 Å². The number of ether oxygens (including phenoxy) is 2. The monoisotopic (exact) mass is 247 g/mol. The van der Waals surface area contributed by atoms with Crippen LogP contribution in [0.1, 0.15) is 31.2 Å². The first-order valence-corrected chi connectivity index (χ1v) is 6.08. The van der Waals surface area contributed by atoms with Crippen molar-refractivity contribution in [3.05, 3.63) is 23.8 Å². The predicted molar refractivity (Wildman–Crippen MR) is 67.8 cm³/mol. The number of hydrogen-bond donors (Lipinski definition) is 0. The number of carbonyl (C=O) groups excluding carboxylic acids is 1. The van der Waals surface area contributed by atoms with Crippen LogP contribution < -0.4 is 9.47 Å². The molecule has 0 saturated heterocycles. The van der Waals surface area contributed by atoms with Crippen molar-refractivity contribution in [2.45, 2.75) is 31.2 Å². The Labute approximate surface area is 107 Å². The molecule has 1 aromatic carbocycles. The first kappa shape index (κ1) is 12.7. The van der Waals surface area contributed by atoms with Gasteiger partial charge in [0.25, 0.3) is 0 Å². The molecule has 0 radical (unpaired) electrons. The standard InChI is InChI=1S/C14H17NO3/c1-17-11-6-5-7-12(18-2)13(11)14(15-10-16)8-3-4-9-14/h5-7H,3-4,8-9H2,1-2H3. The van der Waals surface area contributed by atoms with Gasteiger partial charge < -0.3 is 9.47 Å². The van der Waals surface area contributed by atoms with E-state index < -0.39 is 5.54 Å². The van der Waals surface area contributed by atoms with Crippen molar-refractivity contribution in [1.82, 2.24) is 0 Å². The van der Waals surface area contributed by atoms with Crippen molar-refractivity contribution in [3.8, 4) is 11.5 Å². The summed E-state index contributed by atoms with van der Waals surface area (Å²) in [6.45, 7) is 0. The number of isocyanates is 1. The van der Waals surface area contributed by atoms with Crippen molar-refractivity contribution >= 4 is 6.08 Å². The molecule has 0 spiro atoms. The van der Waals surface area contributed by atoms with Gasteiger partial charge in [0.05, 0.1) is 19.8 Å². The Bertz CT molecular complexity index is 450. The molecule has 0 aromatic heterocycles. The summed E-state index contributed by atoms with van der Waals surface area (Å²) in [4.78, 5) is 14.8. The molecule has 0 amide bonds. The highest BCUT2D eigenvalue weighted by atomic mass is 16.5. The highest BCUT2D eigenvalue weighted by Gasteiger charge is 2.40. The van der Waals surface area contributed by atoms with Gasteiger partial charge in [0.1, 0.15) is 17.0 Å². The van der Waals surface area contributed by atoms with Gasteiger partial charge in [0, 0.05) is 0 Å². The van der Waals surface area contributed by atoms with Crippen LogP contribution in [0.15, 0.2) is 23.2 Å². The summed E-state index contributed by atoms with van der Waals surface area (Å²) in [5, 5.41) is 0. The summed E-state index contributed by atoms with van der Waals surface area (Å²) in [6.07, 6.45) is 5.48. The molecule has 1 aliphatic rings. The minimum atomic E-state index is -0.528. The van der Waals surface area contributed by atoms with E-state index in [1.54, 1.807) is 20.3 Å². The number of aliphatic imine (C=N–C) groups is 1. The van der Waals surface area contributed by atoms with Crippen LogP contribution in [0, 0.1) is 0 Å². The van der Waals surface area contributed by atoms with Crippen molar-refractivity contribution in [2.24, 2.45) is 4.99 Å². The van der Waals surface area contributed by atoms with Gasteiger partial charge in [-0.3, -0.25) is 0 Å². The van der Waals surface area contributed by atoms with E-state index in [1.807, 2.05) is 18.2 Å². The van der Waals surface area contributed by atoms with Crippen LogP contribution >= 0.6 is 0 Å². The quantitative estimate of drug-likeness (QED) is 0.607. The molecule has 1 aliphatic carbocycles. The minimum Gasteiger partial charge on any atom is -0.496 e. The van der Waals surface area contributed by atoms with Crippen LogP contribution in [0.3, 0.4) is 0 Å². The fourth-order valence-corrected chi connectivity index (χ4v) is 2.77. The van der Waals surface area contributed by atoms with E-state index in [9.17, 15) is 4.79 Å². The van der Waals surface area contributed by atoms with Gasteiger partial charge in [-0.2, -0.15) is 4.99 Å². The predicted octanol–water partition coefficient (Wildman–Crippen LogP) is 2.81. The molecule has 1 fully saturated rings. The van der Waals surface area contributed by atoms with Crippen LogP contribution in [0.25, 0.3) is 0 Å². The Morgan fingerprint density at radius 1 is 1.17 bits per heavy atom. The highest BCUT2D eigenvalue weighted by Crippen LogP contribution is 2.49. The maximum atomic E-state index is 10.8. The topological polar surface area (TPSA) is 47.9 Å².